The first-order valence-corrected chi connectivity index (χ1v) is 7.62. The molecule has 0 unspecified atom stereocenters. The fourth-order valence-corrected chi connectivity index (χ4v) is 2.65. The van der Waals surface area contributed by atoms with E-state index >= 15 is 0 Å². The second-order valence-electron chi connectivity index (χ2n) is 4.22. The zero-order chi connectivity index (χ0) is 15.4. The van der Waals surface area contributed by atoms with Gasteiger partial charge in [-0.3, -0.25) is 10.1 Å². The minimum atomic E-state index is -0.458. The number of alkyl halides is 1. The molecule has 0 aromatic heterocycles. The highest BCUT2D eigenvalue weighted by molar-refractivity contribution is 9.10. The first kappa shape index (κ1) is 16.1. The van der Waals surface area contributed by atoms with Crippen molar-refractivity contribution < 1.29 is 9.66 Å². The molecule has 2 aromatic rings. The van der Waals surface area contributed by atoms with E-state index in [0.29, 0.717) is 22.2 Å². The van der Waals surface area contributed by atoms with Gasteiger partial charge in [0.1, 0.15) is 12.4 Å². The largest absolute Gasteiger partial charge is 0.487 e. The van der Waals surface area contributed by atoms with Crippen LogP contribution >= 0.6 is 39.1 Å². The third kappa shape index (κ3) is 4.09. The van der Waals surface area contributed by atoms with Crippen LogP contribution in [-0.4, -0.2) is 4.92 Å². The van der Waals surface area contributed by atoms with Crippen molar-refractivity contribution in [2.45, 2.75) is 12.5 Å². The Morgan fingerprint density at radius 3 is 2.62 bits per heavy atom. The van der Waals surface area contributed by atoms with Crippen molar-refractivity contribution in [2.24, 2.45) is 0 Å². The van der Waals surface area contributed by atoms with Crippen LogP contribution < -0.4 is 4.74 Å². The van der Waals surface area contributed by atoms with Crippen LogP contribution in [-0.2, 0) is 12.5 Å². The van der Waals surface area contributed by atoms with Crippen molar-refractivity contribution >= 4 is 44.8 Å². The maximum absolute atomic E-state index is 11.0. The number of hydrogen-bond donors (Lipinski definition) is 0. The van der Waals surface area contributed by atoms with Gasteiger partial charge in [0.15, 0.2) is 0 Å². The lowest BCUT2D eigenvalue weighted by atomic mass is 10.2. The summed E-state index contributed by atoms with van der Waals surface area (Å²) in [7, 11) is 0. The molecule has 0 amide bonds. The molecular formula is C14H10BrCl2NO3. The highest BCUT2D eigenvalue weighted by Crippen LogP contribution is 2.29. The monoisotopic (exact) mass is 389 g/mol. The summed E-state index contributed by atoms with van der Waals surface area (Å²) in [5, 5.41) is 11.4. The van der Waals surface area contributed by atoms with Gasteiger partial charge in [-0.15, -0.1) is 11.6 Å². The van der Waals surface area contributed by atoms with Gasteiger partial charge in [-0.05, 0) is 45.8 Å². The molecule has 0 bridgehead atoms. The molecule has 0 atom stereocenters. The molecule has 0 heterocycles. The minimum Gasteiger partial charge on any atom is -0.487 e. The molecule has 0 N–H and O–H groups in total. The maximum atomic E-state index is 11.0. The Balaban J connectivity index is 2.20. The molecule has 0 aliphatic rings. The molecule has 0 saturated heterocycles. The van der Waals surface area contributed by atoms with Crippen molar-refractivity contribution in [1.82, 2.24) is 0 Å². The van der Waals surface area contributed by atoms with E-state index in [0.717, 1.165) is 10.0 Å². The van der Waals surface area contributed by atoms with Gasteiger partial charge < -0.3 is 4.74 Å². The summed E-state index contributed by atoms with van der Waals surface area (Å²) in [6, 6.07) is 9.81. The maximum Gasteiger partial charge on any atom is 0.276 e. The predicted octanol–water partition coefficient (Wildman–Crippen LogP) is 5.33. The third-order valence-corrected chi connectivity index (χ3v) is 3.94. The van der Waals surface area contributed by atoms with E-state index in [1.165, 1.54) is 18.2 Å². The summed E-state index contributed by atoms with van der Waals surface area (Å²) >= 11 is 15.0. The average molecular weight is 391 g/mol. The standard InChI is InChI=1S/C14H10BrCl2NO3/c15-12-5-9(7-16)1-4-14(12)21-8-10-6-11(17)2-3-13(10)18(19)20/h1-6H,7-8H2. The summed E-state index contributed by atoms with van der Waals surface area (Å²) in [5.74, 6) is 0.983. The van der Waals surface area contributed by atoms with Gasteiger partial charge in [0.2, 0.25) is 0 Å². The van der Waals surface area contributed by atoms with Gasteiger partial charge >= 0.3 is 0 Å². The fraction of sp³-hybridized carbons (Fsp3) is 0.143. The quantitative estimate of drug-likeness (QED) is 0.394. The number of nitrogens with zero attached hydrogens (tertiary/aromatic N) is 1. The van der Waals surface area contributed by atoms with Gasteiger partial charge in [0, 0.05) is 17.0 Å². The number of hydrogen-bond acceptors (Lipinski definition) is 3. The minimum absolute atomic E-state index is 0.0205. The first-order chi connectivity index (χ1) is 10.0. The van der Waals surface area contributed by atoms with E-state index < -0.39 is 4.92 Å². The normalized spacial score (nSPS) is 10.4. The summed E-state index contributed by atoms with van der Waals surface area (Å²) in [6.45, 7) is 0.0513. The molecule has 0 fully saturated rings. The Bertz CT molecular complexity index is 679. The van der Waals surface area contributed by atoms with Crippen molar-refractivity contribution in [3.8, 4) is 5.75 Å². The number of halogens is 3. The molecule has 21 heavy (non-hydrogen) atoms. The van der Waals surface area contributed by atoms with Crippen molar-refractivity contribution in [3.63, 3.8) is 0 Å². The Morgan fingerprint density at radius 2 is 2.00 bits per heavy atom. The molecule has 0 radical (unpaired) electrons. The molecule has 2 aromatic carbocycles. The first-order valence-electron chi connectivity index (χ1n) is 5.91. The number of benzene rings is 2. The van der Waals surface area contributed by atoms with E-state index in [1.54, 1.807) is 6.07 Å². The van der Waals surface area contributed by atoms with E-state index in [1.807, 2.05) is 12.1 Å². The van der Waals surface area contributed by atoms with Gasteiger partial charge in [-0.25, -0.2) is 0 Å². The number of nitro benzene ring substituents is 1. The molecular weight excluding hydrogens is 381 g/mol. The zero-order valence-corrected chi connectivity index (χ0v) is 13.8. The van der Waals surface area contributed by atoms with Crippen LogP contribution in [0.15, 0.2) is 40.9 Å². The topological polar surface area (TPSA) is 52.4 Å². The fourth-order valence-electron chi connectivity index (χ4n) is 1.75. The van der Waals surface area contributed by atoms with Gasteiger partial charge in [-0.1, -0.05) is 17.7 Å². The summed E-state index contributed by atoms with van der Waals surface area (Å²) in [5.41, 5.74) is 1.35. The van der Waals surface area contributed by atoms with E-state index in [2.05, 4.69) is 15.9 Å². The molecule has 4 nitrogen and oxygen atoms in total. The predicted molar refractivity (Wildman–Crippen MR) is 86.1 cm³/mol. The van der Waals surface area contributed by atoms with Crippen LogP contribution in [0.1, 0.15) is 11.1 Å². The highest BCUT2D eigenvalue weighted by atomic mass is 79.9. The molecule has 0 saturated carbocycles. The Labute approximate surface area is 139 Å². The van der Waals surface area contributed by atoms with Crippen LogP contribution in [0.4, 0.5) is 5.69 Å². The van der Waals surface area contributed by atoms with E-state index in [9.17, 15) is 10.1 Å². The molecule has 0 spiro atoms. The van der Waals surface area contributed by atoms with Crippen LogP contribution in [0, 0.1) is 10.1 Å². The lowest BCUT2D eigenvalue weighted by Crippen LogP contribution is -2.01. The highest BCUT2D eigenvalue weighted by Gasteiger charge is 2.15. The van der Waals surface area contributed by atoms with Crippen LogP contribution in [0.3, 0.4) is 0 Å². The molecule has 2 rings (SSSR count). The molecule has 110 valence electrons. The SMILES string of the molecule is O=[N+]([O-])c1ccc(Cl)cc1COc1ccc(CCl)cc1Br. The molecule has 0 aliphatic heterocycles. The smallest absolute Gasteiger partial charge is 0.276 e. The summed E-state index contributed by atoms with van der Waals surface area (Å²) < 4.78 is 6.36. The van der Waals surface area contributed by atoms with Crippen LogP contribution in [0.2, 0.25) is 5.02 Å². The molecule has 0 aliphatic carbocycles. The van der Waals surface area contributed by atoms with Crippen molar-refractivity contribution in [3.05, 3.63) is 67.1 Å². The number of nitro groups is 1. The van der Waals surface area contributed by atoms with E-state index in [4.69, 9.17) is 27.9 Å². The van der Waals surface area contributed by atoms with Crippen molar-refractivity contribution in [1.29, 1.82) is 0 Å². The lowest BCUT2D eigenvalue weighted by Gasteiger charge is -2.10. The Kier molecular flexibility index (Phi) is 5.45. The van der Waals surface area contributed by atoms with Crippen molar-refractivity contribution in [2.75, 3.05) is 0 Å². The summed E-state index contributed by atoms with van der Waals surface area (Å²) in [6.07, 6.45) is 0. The zero-order valence-electron chi connectivity index (χ0n) is 10.7. The lowest BCUT2D eigenvalue weighted by molar-refractivity contribution is -0.385. The second kappa shape index (κ2) is 7.11. The molecule has 7 heteroatoms. The number of ether oxygens (including phenoxy) is 1. The Hall–Kier alpha value is -1.30. The van der Waals surface area contributed by atoms with Crippen LogP contribution in [0.5, 0.6) is 5.75 Å². The summed E-state index contributed by atoms with van der Waals surface area (Å²) in [4.78, 5) is 10.5. The second-order valence-corrected chi connectivity index (χ2v) is 5.78. The van der Waals surface area contributed by atoms with E-state index in [-0.39, 0.29) is 12.3 Å². The number of rotatable bonds is 5. The average Bonchev–Trinajstić information content (AvgIpc) is 2.45. The third-order valence-electron chi connectivity index (χ3n) is 2.77. The van der Waals surface area contributed by atoms with Gasteiger partial charge in [0.05, 0.1) is 15.0 Å². The van der Waals surface area contributed by atoms with Gasteiger partial charge in [-0.2, -0.15) is 0 Å². The Morgan fingerprint density at radius 1 is 1.24 bits per heavy atom. The van der Waals surface area contributed by atoms with Crippen LogP contribution in [0.25, 0.3) is 0 Å². The van der Waals surface area contributed by atoms with Gasteiger partial charge in [0.25, 0.3) is 5.69 Å².